The van der Waals surface area contributed by atoms with Crippen LogP contribution in [0.2, 0.25) is 0 Å². The molecule has 0 saturated carbocycles. The second kappa shape index (κ2) is 6.87. The highest BCUT2D eigenvalue weighted by molar-refractivity contribution is 6.02. The number of aryl methyl sites for hydroxylation is 1. The molecule has 2 N–H and O–H groups in total. The number of fused-ring (bicyclic) bond motifs is 1. The molecule has 0 bridgehead atoms. The first-order valence-electron chi connectivity index (χ1n) is 9.30. The van der Waals surface area contributed by atoms with E-state index >= 15 is 0 Å². The molecule has 1 aliphatic rings. The van der Waals surface area contributed by atoms with Crippen LogP contribution in [-0.4, -0.2) is 29.4 Å². The fourth-order valence-electron chi connectivity index (χ4n) is 3.60. The number of hydrogen-bond donors (Lipinski definition) is 2. The summed E-state index contributed by atoms with van der Waals surface area (Å²) < 4.78 is 0. The first kappa shape index (κ1) is 16.7. The van der Waals surface area contributed by atoms with Gasteiger partial charge in [-0.05, 0) is 61.6 Å². The molecule has 0 spiro atoms. The molecule has 4 rings (SSSR count). The fraction of sp³-hybridized carbons (Fsp3) is 0.318. The van der Waals surface area contributed by atoms with Gasteiger partial charge in [-0.25, -0.2) is 0 Å². The van der Waals surface area contributed by atoms with Crippen molar-refractivity contribution in [2.45, 2.75) is 26.7 Å². The standard InChI is InChI=1S/C22H25N3O/c1-15-9-11-25(12-10-15)18-6-4-17(5-7-18)23-14-20-19-8-3-16(2)13-21(19)24-22(20)26/h3-8,13-15,24,26H,9-12H2,1-2H3. The van der Waals surface area contributed by atoms with Gasteiger partial charge in [-0.2, -0.15) is 0 Å². The van der Waals surface area contributed by atoms with Crippen molar-refractivity contribution in [2.75, 3.05) is 18.0 Å². The van der Waals surface area contributed by atoms with Crippen molar-refractivity contribution in [3.8, 4) is 5.88 Å². The number of nitrogens with zero attached hydrogens (tertiary/aromatic N) is 2. The van der Waals surface area contributed by atoms with Crippen LogP contribution < -0.4 is 4.90 Å². The molecule has 0 radical (unpaired) electrons. The maximum absolute atomic E-state index is 10.2. The van der Waals surface area contributed by atoms with Gasteiger partial charge in [-0.1, -0.05) is 19.1 Å². The number of aromatic hydroxyl groups is 1. The Morgan fingerprint density at radius 3 is 2.58 bits per heavy atom. The number of aromatic amines is 1. The first-order chi connectivity index (χ1) is 12.6. The van der Waals surface area contributed by atoms with Crippen LogP contribution in [0.4, 0.5) is 11.4 Å². The third kappa shape index (κ3) is 3.32. The number of nitrogens with one attached hydrogen (secondary N) is 1. The van der Waals surface area contributed by atoms with E-state index in [9.17, 15) is 5.11 Å². The van der Waals surface area contributed by atoms with Crippen molar-refractivity contribution in [2.24, 2.45) is 10.9 Å². The largest absolute Gasteiger partial charge is 0.494 e. The monoisotopic (exact) mass is 347 g/mol. The molecular weight excluding hydrogens is 322 g/mol. The van der Waals surface area contributed by atoms with Crippen LogP contribution >= 0.6 is 0 Å². The van der Waals surface area contributed by atoms with Gasteiger partial charge >= 0.3 is 0 Å². The molecule has 1 saturated heterocycles. The van der Waals surface area contributed by atoms with Gasteiger partial charge in [0, 0.05) is 35.9 Å². The van der Waals surface area contributed by atoms with Crippen LogP contribution in [0, 0.1) is 12.8 Å². The van der Waals surface area contributed by atoms with Gasteiger partial charge in [0.2, 0.25) is 0 Å². The summed E-state index contributed by atoms with van der Waals surface area (Å²) in [6.45, 7) is 6.63. The molecule has 1 aromatic heterocycles. The minimum Gasteiger partial charge on any atom is -0.494 e. The lowest BCUT2D eigenvalue weighted by atomic mass is 9.99. The number of rotatable bonds is 3. The molecule has 1 fully saturated rings. The van der Waals surface area contributed by atoms with Gasteiger partial charge in [0.05, 0.1) is 11.3 Å². The number of piperidine rings is 1. The fourth-order valence-corrected chi connectivity index (χ4v) is 3.60. The molecule has 26 heavy (non-hydrogen) atoms. The number of anilines is 1. The summed E-state index contributed by atoms with van der Waals surface area (Å²) in [5.74, 6) is 0.996. The highest BCUT2D eigenvalue weighted by Crippen LogP contribution is 2.28. The number of benzene rings is 2. The minimum absolute atomic E-state index is 0.161. The van der Waals surface area contributed by atoms with E-state index in [4.69, 9.17) is 0 Å². The maximum Gasteiger partial charge on any atom is 0.198 e. The molecule has 1 aliphatic heterocycles. The molecular formula is C22H25N3O. The van der Waals surface area contributed by atoms with Gasteiger partial charge in [-0.15, -0.1) is 0 Å². The lowest BCUT2D eigenvalue weighted by molar-refractivity contribution is 0.438. The van der Waals surface area contributed by atoms with E-state index in [1.165, 1.54) is 18.5 Å². The minimum atomic E-state index is 0.161. The average Bonchev–Trinajstić information content (AvgIpc) is 2.95. The summed E-state index contributed by atoms with van der Waals surface area (Å²) in [7, 11) is 0. The van der Waals surface area contributed by atoms with Crippen molar-refractivity contribution < 1.29 is 5.11 Å². The lowest BCUT2D eigenvalue weighted by Crippen LogP contribution is -2.32. The highest BCUT2D eigenvalue weighted by Gasteiger charge is 2.15. The Balaban J connectivity index is 1.53. The van der Waals surface area contributed by atoms with Gasteiger partial charge < -0.3 is 15.0 Å². The molecule has 0 unspecified atom stereocenters. The van der Waals surface area contributed by atoms with Crippen molar-refractivity contribution in [1.82, 2.24) is 4.98 Å². The quantitative estimate of drug-likeness (QED) is 0.642. The predicted octanol–water partition coefficient (Wildman–Crippen LogP) is 5.17. The van der Waals surface area contributed by atoms with E-state index in [0.29, 0.717) is 0 Å². The summed E-state index contributed by atoms with van der Waals surface area (Å²) >= 11 is 0. The zero-order valence-electron chi connectivity index (χ0n) is 15.4. The van der Waals surface area contributed by atoms with Crippen LogP contribution in [0.25, 0.3) is 10.9 Å². The van der Waals surface area contributed by atoms with Gasteiger partial charge in [0.15, 0.2) is 5.88 Å². The molecule has 4 nitrogen and oxygen atoms in total. The summed E-state index contributed by atoms with van der Waals surface area (Å²) in [5.41, 5.74) is 4.97. The van der Waals surface area contributed by atoms with Crippen LogP contribution in [0.1, 0.15) is 30.9 Å². The smallest absolute Gasteiger partial charge is 0.198 e. The van der Waals surface area contributed by atoms with E-state index in [-0.39, 0.29) is 5.88 Å². The SMILES string of the molecule is Cc1ccc2c(C=Nc3ccc(N4CCC(C)CC4)cc3)c(O)[nH]c2c1. The van der Waals surface area contributed by atoms with Crippen LogP contribution in [0.15, 0.2) is 47.5 Å². The van der Waals surface area contributed by atoms with E-state index in [2.05, 4.69) is 33.9 Å². The second-order valence-corrected chi connectivity index (χ2v) is 7.38. The number of H-pyrrole nitrogens is 1. The number of aromatic nitrogens is 1. The van der Waals surface area contributed by atoms with Crippen LogP contribution in [0.3, 0.4) is 0 Å². The summed E-state index contributed by atoms with van der Waals surface area (Å²) in [4.78, 5) is 10.0. The van der Waals surface area contributed by atoms with Gasteiger partial charge in [-0.3, -0.25) is 4.99 Å². The van der Waals surface area contributed by atoms with Crippen LogP contribution in [-0.2, 0) is 0 Å². The molecule has 4 heteroatoms. The lowest BCUT2D eigenvalue weighted by Gasteiger charge is -2.32. The molecule has 0 aliphatic carbocycles. The first-order valence-corrected chi connectivity index (χ1v) is 9.30. The maximum atomic E-state index is 10.2. The van der Waals surface area contributed by atoms with Crippen LogP contribution in [0.5, 0.6) is 5.88 Å². The third-order valence-electron chi connectivity index (χ3n) is 5.31. The summed E-state index contributed by atoms with van der Waals surface area (Å²) in [5, 5.41) is 11.2. The van der Waals surface area contributed by atoms with E-state index in [0.717, 1.165) is 46.7 Å². The second-order valence-electron chi connectivity index (χ2n) is 7.38. The molecule has 3 aromatic rings. The van der Waals surface area contributed by atoms with Crippen molar-refractivity contribution in [3.05, 3.63) is 53.6 Å². The molecule has 134 valence electrons. The number of aliphatic imine (C=N–C) groups is 1. The summed E-state index contributed by atoms with van der Waals surface area (Å²) in [6, 6.07) is 14.5. The Hall–Kier alpha value is -2.75. The van der Waals surface area contributed by atoms with Crippen molar-refractivity contribution in [1.29, 1.82) is 0 Å². The normalized spacial score (nSPS) is 16.0. The topological polar surface area (TPSA) is 51.6 Å². The molecule has 2 heterocycles. The van der Waals surface area contributed by atoms with E-state index in [1.54, 1.807) is 6.21 Å². The summed E-state index contributed by atoms with van der Waals surface area (Å²) in [6.07, 6.45) is 4.26. The predicted molar refractivity (Wildman–Crippen MR) is 109 cm³/mol. The Morgan fingerprint density at radius 2 is 1.85 bits per heavy atom. The molecule has 0 atom stereocenters. The highest BCUT2D eigenvalue weighted by atomic mass is 16.3. The van der Waals surface area contributed by atoms with Gasteiger partial charge in [0.25, 0.3) is 0 Å². The Labute approximate surface area is 154 Å². The Morgan fingerprint density at radius 1 is 1.12 bits per heavy atom. The van der Waals surface area contributed by atoms with Crippen molar-refractivity contribution in [3.63, 3.8) is 0 Å². The zero-order valence-corrected chi connectivity index (χ0v) is 15.4. The van der Waals surface area contributed by atoms with Gasteiger partial charge in [0.1, 0.15) is 0 Å². The van der Waals surface area contributed by atoms with E-state index in [1.807, 2.05) is 37.3 Å². The average molecular weight is 347 g/mol. The van der Waals surface area contributed by atoms with Crippen molar-refractivity contribution >= 4 is 28.5 Å². The number of hydrogen-bond acceptors (Lipinski definition) is 3. The Kier molecular flexibility index (Phi) is 4.41. The molecule has 0 amide bonds. The Bertz CT molecular complexity index is 932. The zero-order chi connectivity index (χ0) is 18.1. The van der Waals surface area contributed by atoms with E-state index < -0.39 is 0 Å². The third-order valence-corrected chi connectivity index (χ3v) is 5.31. The molecule has 2 aromatic carbocycles.